The zero-order chi connectivity index (χ0) is 6.41. The molecule has 0 saturated carbocycles. The number of nitrogens with zero attached hydrogens (tertiary/aromatic N) is 1. The molecule has 0 radical (unpaired) electrons. The highest BCUT2D eigenvalue weighted by molar-refractivity contribution is 5.48. The average molecular weight is 114 g/mol. The van der Waals surface area contributed by atoms with E-state index >= 15 is 0 Å². The first-order valence-corrected chi connectivity index (χ1v) is 2.32. The van der Waals surface area contributed by atoms with Crippen molar-refractivity contribution in [2.45, 2.75) is 0 Å². The number of nitrogens with one attached hydrogen (secondary N) is 1. The Bertz CT molecular complexity index is 90.4. The van der Waals surface area contributed by atoms with Gasteiger partial charge >= 0.3 is 0 Å². The van der Waals surface area contributed by atoms with Crippen LogP contribution in [0.25, 0.3) is 0 Å². The zero-order valence-electron chi connectivity index (χ0n) is 5.09. The van der Waals surface area contributed by atoms with Crippen LogP contribution in [0.5, 0.6) is 0 Å². The third kappa shape index (κ3) is 3.21. The van der Waals surface area contributed by atoms with Crippen LogP contribution in [0.2, 0.25) is 0 Å². The minimum Gasteiger partial charge on any atom is -0.393 e. The number of amides is 1. The number of hydrogen-bond donors (Lipinski definition) is 1. The topological polar surface area (TPSA) is 32.3 Å². The van der Waals surface area contributed by atoms with E-state index in [1.807, 2.05) is 0 Å². The Morgan fingerprint density at radius 1 is 1.62 bits per heavy atom. The van der Waals surface area contributed by atoms with Gasteiger partial charge in [0.1, 0.15) is 0 Å². The van der Waals surface area contributed by atoms with Gasteiger partial charge in [-0.15, -0.1) is 0 Å². The van der Waals surface area contributed by atoms with Crippen molar-refractivity contribution < 1.29 is 4.79 Å². The summed E-state index contributed by atoms with van der Waals surface area (Å²) >= 11 is 0. The molecule has 0 heterocycles. The van der Waals surface area contributed by atoms with E-state index < -0.39 is 0 Å². The summed E-state index contributed by atoms with van der Waals surface area (Å²) in [6, 6.07) is 0. The normalized spacial score (nSPS) is 9.25. The van der Waals surface area contributed by atoms with Crippen molar-refractivity contribution in [1.29, 1.82) is 0 Å². The molecule has 8 heavy (non-hydrogen) atoms. The fourth-order valence-electron chi connectivity index (χ4n) is 0.227. The molecule has 0 aromatic heterocycles. The van der Waals surface area contributed by atoms with Crippen LogP contribution in [-0.2, 0) is 4.79 Å². The molecule has 0 atom stereocenters. The van der Waals surface area contributed by atoms with Crippen molar-refractivity contribution in [1.82, 2.24) is 10.2 Å². The Morgan fingerprint density at radius 3 is 2.62 bits per heavy atom. The SMILES string of the molecule is CN/C=C/N(C)C=O. The Morgan fingerprint density at radius 2 is 2.25 bits per heavy atom. The van der Waals surface area contributed by atoms with Gasteiger partial charge in [-0.1, -0.05) is 0 Å². The Labute approximate surface area is 49.0 Å². The van der Waals surface area contributed by atoms with E-state index in [9.17, 15) is 4.79 Å². The molecule has 0 saturated heterocycles. The van der Waals surface area contributed by atoms with Gasteiger partial charge < -0.3 is 10.2 Å². The van der Waals surface area contributed by atoms with Crippen molar-refractivity contribution in [3.63, 3.8) is 0 Å². The molecule has 0 bridgehead atoms. The van der Waals surface area contributed by atoms with Gasteiger partial charge in [-0.3, -0.25) is 4.79 Å². The minimum atomic E-state index is 0.730. The number of hydrogen-bond acceptors (Lipinski definition) is 2. The van der Waals surface area contributed by atoms with Crippen molar-refractivity contribution in [2.24, 2.45) is 0 Å². The van der Waals surface area contributed by atoms with Crippen molar-refractivity contribution in [2.75, 3.05) is 14.1 Å². The minimum absolute atomic E-state index is 0.730. The van der Waals surface area contributed by atoms with Crippen molar-refractivity contribution >= 4 is 6.41 Å². The summed E-state index contributed by atoms with van der Waals surface area (Å²) in [5, 5.41) is 2.75. The highest BCUT2D eigenvalue weighted by Gasteiger charge is 1.77. The van der Waals surface area contributed by atoms with Gasteiger partial charge in [0.25, 0.3) is 0 Å². The maximum absolute atomic E-state index is 9.86. The van der Waals surface area contributed by atoms with Gasteiger partial charge in [-0.2, -0.15) is 0 Å². The Kier molecular flexibility index (Phi) is 3.66. The first-order valence-electron chi connectivity index (χ1n) is 2.32. The second-order valence-corrected chi connectivity index (χ2v) is 1.38. The average Bonchev–Trinajstić information content (AvgIpc) is 1.83. The number of carbonyl (C=O) groups is 1. The standard InChI is InChI=1S/C5H10N2O/c1-6-3-4-7(2)5-8/h3-6H,1-2H3/b4-3+. The van der Waals surface area contributed by atoms with E-state index in [1.54, 1.807) is 26.5 Å². The summed E-state index contributed by atoms with van der Waals surface area (Å²) in [5.41, 5.74) is 0. The van der Waals surface area contributed by atoms with E-state index in [-0.39, 0.29) is 0 Å². The number of carbonyl (C=O) groups excluding carboxylic acids is 1. The lowest BCUT2D eigenvalue weighted by molar-refractivity contribution is -0.115. The van der Waals surface area contributed by atoms with Crippen molar-refractivity contribution in [3.05, 3.63) is 12.4 Å². The monoisotopic (exact) mass is 114 g/mol. The van der Waals surface area contributed by atoms with Crippen LogP contribution in [0.1, 0.15) is 0 Å². The Balaban J connectivity index is 3.35. The van der Waals surface area contributed by atoms with Crippen LogP contribution >= 0.6 is 0 Å². The van der Waals surface area contributed by atoms with Crippen LogP contribution in [0, 0.1) is 0 Å². The van der Waals surface area contributed by atoms with Gasteiger partial charge in [0.05, 0.1) is 0 Å². The van der Waals surface area contributed by atoms with Gasteiger partial charge in [-0.25, -0.2) is 0 Å². The maximum Gasteiger partial charge on any atom is 0.213 e. The van der Waals surface area contributed by atoms with E-state index in [1.165, 1.54) is 4.90 Å². The third-order valence-electron chi connectivity index (χ3n) is 0.643. The zero-order valence-corrected chi connectivity index (χ0v) is 5.09. The lowest BCUT2D eigenvalue weighted by Crippen LogP contribution is -2.08. The van der Waals surface area contributed by atoms with E-state index in [2.05, 4.69) is 5.32 Å². The molecule has 46 valence electrons. The first-order chi connectivity index (χ1) is 3.81. The molecule has 1 amide bonds. The molecule has 0 aromatic rings. The smallest absolute Gasteiger partial charge is 0.213 e. The van der Waals surface area contributed by atoms with Crippen LogP contribution < -0.4 is 5.32 Å². The molecule has 0 spiro atoms. The Hall–Kier alpha value is -0.990. The molecule has 3 heteroatoms. The molecule has 0 aromatic carbocycles. The quantitative estimate of drug-likeness (QED) is 0.514. The second-order valence-electron chi connectivity index (χ2n) is 1.38. The summed E-state index contributed by atoms with van der Waals surface area (Å²) in [6.45, 7) is 0. The molecular weight excluding hydrogens is 104 g/mol. The molecule has 0 aliphatic carbocycles. The lowest BCUT2D eigenvalue weighted by Gasteiger charge is -1.99. The van der Waals surface area contributed by atoms with E-state index in [4.69, 9.17) is 0 Å². The maximum atomic E-state index is 9.86. The summed E-state index contributed by atoms with van der Waals surface area (Å²) in [6.07, 6.45) is 4.04. The molecule has 0 unspecified atom stereocenters. The predicted octanol–water partition coefficient (Wildman–Crippen LogP) is -0.235. The largest absolute Gasteiger partial charge is 0.393 e. The summed E-state index contributed by atoms with van der Waals surface area (Å²) < 4.78 is 0. The number of rotatable bonds is 3. The van der Waals surface area contributed by atoms with Gasteiger partial charge in [0, 0.05) is 26.5 Å². The van der Waals surface area contributed by atoms with Crippen LogP contribution in [0.15, 0.2) is 12.4 Å². The van der Waals surface area contributed by atoms with E-state index in [0.717, 1.165) is 6.41 Å². The highest BCUT2D eigenvalue weighted by Crippen LogP contribution is 1.72. The van der Waals surface area contributed by atoms with Gasteiger partial charge in [-0.05, 0) is 0 Å². The second kappa shape index (κ2) is 4.18. The van der Waals surface area contributed by atoms with Crippen LogP contribution in [0.3, 0.4) is 0 Å². The highest BCUT2D eigenvalue weighted by atomic mass is 16.1. The van der Waals surface area contributed by atoms with Crippen LogP contribution in [0.4, 0.5) is 0 Å². The van der Waals surface area contributed by atoms with E-state index in [0.29, 0.717) is 0 Å². The molecule has 0 rings (SSSR count). The molecule has 3 nitrogen and oxygen atoms in total. The van der Waals surface area contributed by atoms with Gasteiger partial charge in [0.2, 0.25) is 6.41 Å². The lowest BCUT2D eigenvalue weighted by atomic mass is 10.8. The van der Waals surface area contributed by atoms with Gasteiger partial charge in [0.15, 0.2) is 0 Å². The fraction of sp³-hybridized carbons (Fsp3) is 0.400. The first kappa shape index (κ1) is 7.01. The summed E-state index contributed by atoms with van der Waals surface area (Å²) in [7, 11) is 3.44. The summed E-state index contributed by atoms with van der Waals surface area (Å²) in [5.74, 6) is 0. The molecule has 1 N–H and O–H groups in total. The van der Waals surface area contributed by atoms with Crippen molar-refractivity contribution in [3.8, 4) is 0 Å². The summed E-state index contributed by atoms with van der Waals surface area (Å²) in [4.78, 5) is 11.3. The molecule has 0 fully saturated rings. The molecule has 0 aliphatic heterocycles. The van der Waals surface area contributed by atoms with Crippen LogP contribution in [-0.4, -0.2) is 25.4 Å². The predicted molar refractivity (Wildman–Crippen MR) is 32.0 cm³/mol. The third-order valence-corrected chi connectivity index (χ3v) is 0.643. The fourth-order valence-corrected chi connectivity index (χ4v) is 0.227. The molecular formula is C5H10N2O. The molecule has 0 aliphatic rings.